The summed E-state index contributed by atoms with van der Waals surface area (Å²) in [4.78, 5) is 20.8. The Kier molecular flexibility index (Phi) is 6.56. The van der Waals surface area contributed by atoms with Crippen molar-refractivity contribution in [2.24, 2.45) is 0 Å². The van der Waals surface area contributed by atoms with E-state index in [0.29, 0.717) is 37.6 Å². The molecule has 1 fully saturated rings. The van der Waals surface area contributed by atoms with Gasteiger partial charge in [0.05, 0.1) is 13.2 Å². The van der Waals surface area contributed by atoms with E-state index >= 15 is 0 Å². The van der Waals surface area contributed by atoms with E-state index in [9.17, 15) is 9.18 Å². The fraction of sp³-hybridized carbons (Fsp3) is 0.360. The normalized spacial score (nSPS) is 15.6. The van der Waals surface area contributed by atoms with E-state index in [1.165, 1.54) is 12.1 Å². The van der Waals surface area contributed by atoms with E-state index in [-0.39, 0.29) is 11.4 Å². The molecule has 0 aliphatic carbocycles. The van der Waals surface area contributed by atoms with Crippen LogP contribution in [0.2, 0.25) is 0 Å². The van der Waals surface area contributed by atoms with Gasteiger partial charge in [0, 0.05) is 50.1 Å². The number of anilines is 1. The predicted octanol–water partition coefficient (Wildman–Crippen LogP) is 2.52. The average molecular weight is 478 g/mol. The number of hydrogen-bond acceptors (Lipinski definition) is 7. The number of nitrogens with one attached hydrogen (secondary N) is 1. The number of tetrazole rings is 1. The second kappa shape index (κ2) is 9.93. The molecule has 35 heavy (non-hydrogen) atoms. The van der Waals surface area contributed by atoms with Crippen LogP contribution >= 0.6 is 0 Å². The third-order valence-electron chi connectivity index (χ3n) is 6.51. The number of aromatic nitrogens is 5. The van der Waals surface area contributed by atoms with Crippen LogP contribution in [0.3, 0.4) is 0 Å². The largest absolute Gasteiger partial charge is 0.383 e. The smallest absolute Gasteiger partial charge is 0.253 e. The lowest BCUT2D eigenvalue weighted by Crippen LogP contribution is -2.49. The molecule has 0 amide bonds. The number of benzene rings is 2. The van der Waals surface area contributed by atoms with E-state index in [1.807, 2.05) is 31.2 Å². The summed E-state index contributed by atoms with van der Waals surface area (Å²) in [5.41, 5.74) is 3.31. The Balaban J connectivity index is 1.50. The lowest BCUT2D eigenvalue weighted by molar-refractivity contribution is 0.171. The maximum atomic E-state index is 13.4. The Hall–Kier alpha value is -3.63. The highest BCUT2D eigenvalue weighted by Crippen LogP contribution is 2.29. The molecule has 0 radical (unpaired) electrons. The minimum Gasteiger partial charge on any atom is -0.383 e. The van der Waals surface area contributed by atoms with Crippen molar-refractivity contribution in [3.8, 4) is 0 Å². The molecule has 3 heterocycles. The van der Waals surface area contributed by atoms with Gasteiger partial charge in [-0.05, 0) is 64.7 Å². The summed E-state index contributed by atoms with van der Waals surface area (Å²) in [7, 11) is 1.63. The molecule has 9 nitrogen and oxygen atoms in total. The van der Waals surface area contributed by atoms with Crippen LogP contribution in [0.15, 0.2) is 53.3 Å². The second-order valence-corrected chi connectivity index (χ2v) is 8.80. The molecule has 0 spiro atoms. The van der Waals surface area contributed by atoms with Gasteiger partial charge in [0.2, 0.25) is 0 Å². The van der Waals surface area contributed by atoms with Crippen LogP contribution in [-0.4, -0.2) is 70.0 Å². The van der Waals surface area contributed by atoms with Gasteiger partial charge < -0.3 is 14.6 Å². The number of pyridine rings is 1. The number of fused-ring (bicyclic) bond motifs is 1. The number of methoxy groups -OCH3 is 1. The van der Waals surface area contributed by atoms with Crippen molar-refractivity contribution in [2.75, 3.05) is 44.8 Å². The van der Waals surface area contributed by atoms with Crippen LogP contribution < -0.4 is 10.5 Å². The number of piperazine rings is 1. The van der Waals surface area contributed by atoms with Crippen molar-refractivity contribution in [3.05, 3.63) is 81.7 Å². The minimum absolute atomic E-state index is 0.157. The SMILES string of the molecule is COCCn1nnnc1[C@@H](c1cc2ccc(C)cc2[nH]c1=O)N1CCN(c2ccc(F)cc2)CC1. The Labute approximate surface area is 202 Å². The Morgan fingerprint density at radius 3 is 2.60 bits per heavy atom. The predicted molar refractivity (Wildman–Crippen MR) is 131 cm³/mol. The first-order valence-corrected chi connectivity index (χ1v) is 11.7. The van der Waals surface area contributed by atoms with E-state index < -0.39 is 6.04 Å². The number of hydrogen-bond donors (Lipinski definition) is 1. The van der Waals surface area contributed by atoms with Crippen LogP contribution in [0.1, 0.15) is 23.0 Å². The zero-order valence-electron chi connectivity index (χ0n) is 19.8. The second-order valence-electron chi connectivity index (χ2n) is 8.80. The molecule has 1 aliphatic rings. The van der Waals surface area contributed by atoms with E-state index in [1.54, 1.807) is 23.9 Å². The highest BCUT2D eigenvalue weighted by molar-refractivity contribution is 5.79. The Bertz CT molecular complexity index is 1360. The number of aromatic amines is 1. The quantitative estimate of drug-likeness (QED) is 0.437. The molecular weight excluding hydrogens is 449 g/mol. The summed E-state index contributed by atoms with van der Waals surface area (Å²) in [5.74, 6) is 0.357. The number of aryl methyl sites for hydroxylation is 1. The summed E-state index contributed by atoms with van der Waals surface area (Å²) in [6.45, 7) is 5.76. The van der Waals surface area contributed by atoms with Gasteiger partial charge in [-0.3, -0.25) is 9.69 Å². The van der Waals surface area contributed by atoms with Crippen LogP contribution in [0.5, 0.6) is 0 Å². The number of halogens is 1. The Morgan fingerprint density at radius 2 is 1.86 bits per heavy atom. The Morgan fingerprint density at radius 1 is 1.09 bits per heavy atom. The highest BCUT2D eigenvalue weighted by Gasteiger charge is 2.32. The molecule has 1 atom stereocenters. The summed E-state index contributed by atoms with van der Waals surface area (Å²) in [5, 5.41) is 13.4. The summed E-state index contributed by atoms with van der Waals surface area (Å²) in [6.07, 6.45) is 0. The number of nitrogens with zero attached hydrogens (tertiary/aromatic N) is 6. The van der Waals surface area contributed by atoms with Crippen molar-refractivity contribution in [1.82, 2.24) is 30.1 Å². The first-order valence-electron chi connectivity index (χ1n) is 11.7. The van der Waals surface area contributed by atoms with Gasteiger partial charge in [-0.15, -0.1) is 5.10 Å². The molecule has 0 unspecified atom stereocenters. The van der Waals surface area contributed by atoms with Crippen LogP contribution in [0.4, 0.5) is 10.1 Å². The van der Waals surface area contributed by atoms with Crippen molar-refractivity contribution in [1.29, 1.82) is 0 Å². The van der Waals surface area contributed by atoms with Crippen LogP contribution in [-0.2, 0) is 11.3 Å². The lowest BCUT2D eigenvalue weighted by Gasteiger charge is -2.39. The van der Waals surface area contributed by atoms with Crippen molar-refractivity contribution >= 4 is 16.6 Å². The van der Waals surface area contributed by atoms with E-state index in [2.05, 4.69) is 30.3 Å². The zero-order valence-corrected chi connectivity index (χ0v) is 19.8. The average Bonchev–Trinajstić information content (AvgIpc) is 3.32. The molecule has 2 aromatic carbocycles. The molecule has 0 saturated carbocycles. The standard InChI is InChI=1S/C25H28FN7O2/c1-17-3-4-18-16-21(25(34)27-22(18)15-17)23(24-28-29-30-33(24)13-14-35-2)32-11-9-31(10-12-32)20-7-5-19(26)6-8-20/h3-8,15-16,23H,9-14H2,1-2H3,(H,27,34)/t23-/m1/s1. The van der Waals surface area contributed by atoms with Gasteiger partial charge in [0.1, 0.15) is 11.9 Å². The maximum absolute atomic E-state index is 13.4. The molecule has 182 valence electrons. The van der Waals surface area contributed by atoms with Gasteiger partial charge in [-0.25, -0.2) is 9.07 Å². The monoisotopic (exact) mass is 477 g/mol. The lowest BCUT2D eigenvalue weighted by atomic mass is 10.0. The molecule has 1 N–H and O–H groups in total. The summed E-state index contributed by atoms with van der Waals surface area (Å²) >= 11 is 0. The third-order valence-corrected chi connectivity index (χ3v) is 6.51. The van der Waals surface area contributed by atoms with Crippen molar-refractivity contribution in [3.63, 3.8) is 0 Å². The van der Waals surface area contributed by atoms with Gasteiger partial charge >= 0.3 is 0 Å². The summed E-state index contributed by atoms with van der Waals surface area (Å²) < 4.78 is 20.3. The maximum Gasteiger partial charge on any atom is 0.253 e. The molecule has 0 bridgehead atoms. The molecule has 1 saturated heterocycles. The molecule has 1 aliphatic heterocycles. The fourth-order valence-corrected chi connectivity index (χ4v) is 4.67. The molecule has 2 aromatic heterocycles. The molecular formula is C25H28FN7O2. The first kappa shape index (κ1) is 23.1. The van der Waals surface area contributed by atoms with E-state index in [4.69, 9.17) is 4.74 Å². The van der Waals surface area contributed by atoms with Gasteiger partial charge in [0.25, 0.3) is 5.56 Å². The summed E-state index contributed by atoms with van der Waals surface area (Å²) in [6, 6.07) is 14.1. The van der Waals surface area contributed by atoms with E-state index in [0.717, 1.165) is 35.2 Å². The van der Waals surface area contributed by atoms with Gasteiger partial charge in [0.15, 0.2) is 5.82 Å². The fourth-order valence-electron chi connectivity index (χ4n) is 4.67. The third kappa shape index (κ3) is 4.80. The molecule has 5 rings (SSSR count). The van der Waals surface area contributed by atoms with Crippen molar-refractivity contribution < 1.29 is 9.13 Å². The number of ether oxygens (including phenoxy) is 1. The van der Waals surface area contributed by atoms with Gasteiger partial charge in [-0.1, -0.05) is 12.1 Å². The highest BCUT2D eigenvalue weighted by atomic mass is 19.1. The van der Waals surface area contributed by atoms with Crippen LogP contribution in [0, 0.1) is 12.7 Å². The number of H-pyrrole nitrogens is 1. The minimum atomic E-state index is -0.424. The molecule has 4 aromatic rings. The van der Waals surface area contributed by atoms with Crippen molar-refractivity contribution in [2.45, 2.75) is 19.5 Å². The molecule has 10 heteroatoms. The first-order chi connectivity index (χ1) is 17.0. The zero-order chi connectivity index (χ0) is 24.4. The topological polar surface area (TPSA) is 92.2 Å². The van der Waals surface area contributed by atoms with Gasteiger partial charge in [-0.2, -0.15) is 0 Å². The van der Waals surface area contributed by atoms with Crippen LogP contribution in [0.25, 0.3) is 10.9 Å². The number of rotatable bonds is 7.